The van der Waals surface area contributed by atoms with Gasteiger partial charge in [0.2, 0.25) is 0 Å². The number of aliphatic hydroxyl groups is 2. The smallest absolute Gasteiger partial charge is 0.0545 e. The molecule has 4 heteroatoms. The molecule has 2 atom stereocenters. The van der Waals surface area contributed by atoms with Gasteiger partial charge in [-0.05, 0) is 58.0 Å². The van der Waals surface area contributed by atoms with E-state index >= 15 is 0 Å². The Morgan fingerprint density at radius 2 is 1.79 bits per heavy atom. The largest absolute Gasteiger partial charge is 0.400 e. The zero-order valence-corrected chi connectivity index (χ0v) is 13.9. The summed E-state index contributed by atoms with van der Waals surface area (Å²) in [6, 6.07) is 0.741. The van der Waals surface area contributed by atoms with E-state index in [1.165, 1.54) is 32.4 Å². The first-order valence-electron chi connectivity index (χ1n) is 7.35. The predicted octanol–water partition coefficient (Wildman–Crippen LogP) is 2.08. The third-order valence-electron chi connectivity index (χ3n) is 4.57. The SMILES string of the molecule is CO.[CH2-]C[C@H]1CCN(CCC2CC(O)C2)[C@@H](C)C1.[V]. The van der Waals surface area contributed by atoms with E-state index in [2.05, 4.69) is 18.7 Å². The molecule has 1 aliphatic carbocycles. The van der Waals surface area contributed by atoms with E-state index in [4.69, 9.17) is 5.11 Å². The average Bonchev–Trinajstić information content (AvgIpc) is 2.37. The first kappa shape index (κ1) is 19.5. The van der Waals surface area contributed by atoms with Crippen molar-refractivity contribution in [3.63, 3.8) is 0 Å². The molecule has 0 aromatic rings. The number of hydrogen-bond acceptors (Lipinski definition) is 3. The van der Waals surface area contributed by atoms with Gasteiger partial charge in [0.15, 0.2) is 0 Å². The van der Waals surface area contributed by atoms with Crippen LogP contribution >= 0.6 is 0 Å². The molecule has 0 aromatic carbocycles. The molecule has 0 spiro atoms. The molecule has 2 N–H and O–H groups in total. The summed E-state index contributed by atoms with van der Waals surface area (Å²) >= 11 is 0. The van der Waals surface area contributed by atoms with Crippen molar-refractivity contribution in [3.05, 3.63) is 6.92 Å². The van der Waals surface area contributed by atoms with Crippen LogP contribution in [0.4, 0.5) is 0 Å². The van der Waals surface area contributed by atoms with Gasteiger partial charge >= 0.3 is 0 Å². The number of piperidine rings is 1. The molecule has 0 amide bonds. The second-order valence-electron chi connectivity index (χ2n) is 5.84. The predicted molar refractivity (Wildman–Crippen MR) is 75.2 cm³/mol. The summed E-state index contributed by atoms with van der Waals surface area (Å²) in [6.45, 7) is 8.89. The Labute approximate surface area is 130 Å². The van der Waals surface area contributed by atoms with Crippen LogP contribution in [0.1, 0.15) is 45.4 Å². The molecule has 1 saturated heterocycles. The van der Waals surface area contributed by atoms with Gasteiger partial charge in [-0.2, -0.15) is 6.42 Å². The number of hydrogen-bond donors (Lipinski definition) is 2. The standard InChI is InChI=1S/C14H26NO.CH4O.V/c1-3-12-4-6-15(11(2)8-12)7-5-13-9-14(16)10-13;1-2;/h11-14,16H,1,3-10H2,2H3;2H,1H3;/q-1;;/t11-,12-,13?,14?;;/m0../s1. The number of aliphatic hydroxyl groups excluding tert-OH is 2. The first-order valence-corrected chi connectivity index (χ1v) is 7.35. The molecule has 0 aromatic heterocycles. The van der Waals surface area contributed by atoms with Gasteiger partial charge in [-0.1, -0.05) is 5.92 Å². The molecular formula is C15H30NO2V-. The van der Waals surface area contributed by atoms with Crippen molar-refractivity contribution < 1.29 is 28.8 Å². The Kier molecular flexibility index (Phi) is 10.5. The maximum Gasteiger partial charge on any atom is 0.0545 e. The molecule has 19 heavy (non-hydrogen) atoms. The molecule has 0 unspecified atom stereocenters. The monoisotopic (exact) mass is 307 g/mol. The number of rotatable bonds is 4. The second kappa shape index (κ2) is 10.2. The van der Waals surface area contributed by atoms with Crippen molar-refractivity contribution >= 4 is 0 Å². The van der Waals surface area contributed by atoms with Crippen LogP contribution in [0.2, 0.25) is 0 Å². The fourth-order valence-electron chi connectivity index (χ4n) is 3.20. The molecule has 3 nitrogen and oxygen atoms in total. The van der Waals surface area contributed by atoms with Crippen LogP contribution in [-0.4, -0.2) is 47.5 Å². The average molecular weight is 307 g/mol. The van der Waals surface area contributed by atoms with E-state index < -0.39 is 0 Å². The van der Waals surface area contributed by atoms with Gasteiger partial charge in [0, 0.05) is 31.7 Å². The van der Waals surface area contributed by atoms with Crippen molar-refractivity contribution in [3.8, 4) is 0 Å². The quantitative estimate of drug-likeness (QED) is 0.782. The van der Waals surface area contributed by atoms with Crippen LogP contribution in [-0.2, 0) is 18.6 Å². The van der Waals surface area contributed by atoms with E-state index in [0.717, 1.165) is 44.2 Å². The van der Waals surface area contributed by atoms with Crippen molar-refractivity contribution in [2.75, 3.05) is 20.2 Å². The fourth-order valence-corrected chi connectivity index (χ4v) is 3.20. The number of nitrogens with zero attached hydrogens (tertiary/aromatic N) is 1. The minimum atomic E-state index is 0. The van der Waals surface area contributed by atoms with Gasteiger partial charge in [-0.25, -0.2) is 0 Å². The van der Waals surface area contributed by atoms with E-state index in [9.17, 15) is 5.11 Å². The van der Waals surface area contributed by atoms with E-state index in [-0.39, 0.29) is 24.7 Å². The van der Waals surface area contributed by atoms with E-state index in [1.54, 1.807) is 0 Å². The summed E-state index contributed by atoms with van der Waals surface area (Å²) in [5.74, 6) is 1.66. The van der Waals surface area contributed by atoms with E-state index in [1.807, 2.05) is 0 Å². The van der Waals surface area contributed by atoms with Crippen molar-refractivity contribution in [1.29, 1.82) is 0 Å². The van der Waals surface area contributed by atoms with Gasteiger partial charge in [-0.3, -0.25) is 0 Å². The molecular weight excluding hydrogens is 277 g/mol. The maximum atomic E-state index is 9.25. The Morgan fingerprint density at radius 1 is 1.16 bits per heavy atom. The fraction of sp³-hybridized carbons (Fsp3) is 0.933. The van der Waals surface area contributed by atoms with Crippen molar-refractivity contribution in [2.24, 2.45) is 11.8 Å². The van der Waals surface area contributed by atoms with Crippen LogP contribution in [0.15, 0.2) is 0 Å². The summed E-state index contributed by atoms with van der Waals surface area (Å²) in [4.78, 5) is 2.64. The van der Waals surface area contributed by atoms with Crippen LogP contribution in [0.5, 0.6) is 0 Å². The Bertz CT molecular complexity index is 222. The van der Waals surface area contributed by atoms with Gasteiger partial charge in [0.05, 0.1) is 6.10 Å². The summed E-state index contributed by atoms with van der Waals surface area (Å²) in [7, 11) is 1.00. The van der Waals surface area contributed by atoms with Crippen LogP contribution < -0.4 is 0 Å². The molecule has 2 aliphatic rings. The third kappa shape index (κ3) is 6.18. The van der Waals surface area contributed by atoms with Gasteiger partial charge in [-0.15, -0.1) is 0 Å². The Morgan fingerprint density at radius 3 is 2.26 bits per heavy atom. The third-order valence-corrected chi connectivity index (χ3v) is 4.57. The first-order chi connectivity index (χ1) is 8.69. The zero-order chi connectivity index (χ0) is 13.5. The minimum absolute atomic E-state index is 0. The van der Waals surface area contributed by atoms with Crippen LogP contribution in [0.25, 0.3) is 0 Å². The van der Waals surface area contributed by atoms with Crippen molar-refractivity contribution in [2.45, 2.75) is 57.6 Å². The summed E-state index contributed by atoms with van der Waals surface area (Å²) in [5, 5.41) is 16.3. The zero-order valence-electron chi connectivity index (χ0n) is 12.5. The Balaban J connectivity index is 0.00000103. The summed E-state index contributed by atoms with van der Waals surface area (Å²) in [6.07, 6.45) is 7.16. The summed E-state index contributed by atoms with van der Waals surface area (Å²) in [5.41, 5.74) is 0. The van der Waals surface area contributed by atoms with Crippen LogP contribution in [0, 0.1) is 18.8 Å². The molecule has 1 heterocycles. The van der Waals surface area contributed by atoms with E-state index in [0.29, 0.717) is 0 Å². The molecule has 2 rings (SSSR count). The Hall–Kier alpha value is 0.464. The van der Waals surface area contributed by atoms with Gasteiger partial charge in [0.1, 0.15) is 0 Å². The van der Waals surface area contributed by atoms with Crippen molar-refractivity contribution in [1.82, 2.24) is 4.90 Å². The molecule has 2 fully saturated rings. The maximum absolute atomic E-state index is 9.25. The molecule has 1 aliphatic heterocycles. The topological polar surface area (TPSA) is 43.7 Å². The van der Waals surface area contributed by atoms with Gasteiger partial charge in [0.25, 0.3) is 0 Å². The molecule has 0 bridgehead atoms. The normalized spacial score (nSPS) is 34.6. The number of likely N-dealkylation sites (tertiary alicyclic amines) is 1. The molecule has 113 valence electrons. The second-order valence-corrected chi connectivity index (χ2v) is 5.84. The van der Waals surface area contributed by atoms with Crippen LogP contribution in [0.3, 0.4) is 0 Å². The molecule has 1 radical (unpaired) electrons. The minimum Gasteiger partial charge on any atom is -0.400 e. The van der Waals surface area contributed by atoms with Gasteiger partial charge < -0.3 is 22.0 Å². The molecule has 1 saturated carbocycles. The summed E-state index contributed by atoms with van der Waals surface area (Å²) < 4.78 is 0.